The van der Waals surface area contributed by atoms with Crippen molar-refractivity contribution in [1.82, 2.24) is 29.6 Å². The first kappa shape index (κ1) is 18.7. The van der Waals surface area contributed by atoms with Crippen molar-refractivity contribution < 1.29 is 0 Å². The predicted octanol–water partition coefficient (Wildman–Crippen LogP) is 3.09. The summed E-state index contributed by atoms with van der Waals surface area (Å²) < 4.78 is 4.13. The topological polar surface area (TPSA) is 42.1 Å². The summed E-state index contributed by atoms with van der Waals surface area (Å²) in [6, 6.07) is 20.3. The minimum atomic E-state index is 0.624. The van der Waals surface area contributed by atoms with E-state index < -0.39 is 0 Å². The Morgan fingerprint density at radius 2 is 1.46 bits per heavy atom. The third kappa shape index (κ3) is 4.62. The fourth-order valence-corrected chi connectivity index (χ4v) is 3.54. The standard InChI is InChI=1S/C21H24N6S/c28-21-26(22-23-27(21)20-11-5-2-6-12-20)18-25-16-14-24(15-17-25)13-7-10-19-8-3-1-4-9-19/h1-12H,13-18H2. The van der Waals surface area contributed by atoms with Gasteiger partial charge in [-0.2, -0.15) is 4.68 Å². The minimum absolute atomic E-state index is 0.624. The number of benzene rings is 2. The summed E-state index contributed by atoms with van der Waals surface area (Å²) in [5, 5.41) is 8.46. The summed E-state index contributed by atoms with van der Waals surface area (Å²) in [5.41, 5.74) is 2.19. The molecule has 0 spiro atoms. The van der Waals surface area contributed by atoms with Crippen LogP contribution in [0, 0.1) is 4.77 Å². The van der Waals surface area contributed by atoms with E-state index in [0.29, 0.717) is 11.4 Å². The van der Waals surface area contributed by atoms with E-state index in [1.807, 2.05) is 36.4 Å². The quantitative estimate of drug-likeness (QED) is 0.603. The molecule has 0 amide bonds. The molecular weight excluding hydrogens is 368 g/mol. The highest BCUT2D eigenvalue weighted by Crippen LogP contribution is 2.08. The summed E-state index contributed by atoms with van der Waals surface area (Å²) >= 11 is 5.56. The summed E-state index contributed by atoms with van der Waals surface area (Å²) in [6.07, 6.45) is 4.43. The van der Waals surface area contributed by atoms with E-state index in [-0.39, 0.29) is 0 Å². The summed E-state index contributed by atoms with van der Waals surface area (Å²) in [4.78, 5) is 4.84. The van der Waals surface area contributed by atoms with E-state index in [4.69, 9.17) is 12.2 Å². The van der Waals surface area contributed by atoms with Crippen molar-refractivity contribution in [2.24, 2.45) is 0 Å². The maximum Gasteiger partial charge on any atom is 0.221 e. The average molecular weight is 393 g/mol. The van der Waals surface area contributed by atoms with Gasteiger partial charge in [0.2, 0.25) is 4.77 Å². The van der Waals surface area contributed by atoms with Crippen molar-refractivity contribution in [2.45, 2.75) is 6.67 Å². The van der Waals surface area contributed by atoms with Crippen LogP contribution in [-0.4, -0.2) is 62.3 Å². The Morgan fingerprint density at radius 3 is 2.18 bits per heavy atom. The number of piperazine rings is 1. The second-order valence-electron chi connectivity index (χ2n) is 6.88. The molecule has 1 saturated heterocycles. The first-order valence-corrected chi connectivity index (χ1v) is 9.95. The van der Waals surface area contributed by atoms with Gasteiger partial charge in [-0.15, -0.1) is 0 Å². The molecule has 2 heterocycles. The van der Waals surface area contributed by atoms with Crippen LogP contribution in [-0.2, 0) is 6.67 Å². The van der Waals surface area contributed by atoms with Gasteiger partial charge in [0.1, 0.15) is 0 Å². The largest absolute Gasteiger partial charge is 0.297 e. The number of hydrogen-bond acceptors (Lipinski definition) is 5. The Morgan fingerprint density at radius 1 is 0.821 bits per heavy atom. The number of nitrogens with zero attached hydrogens (tertiary/aromatic N) is 6. The van der Waals surface area contributed by atoms with Crippen molar-refractivity contribution in [3.05, 3.63) is 77.1 Å². The van der Waals surface area contributed by atoms with Gasteiger partial charge in [0.15, 0.2) is 0 Å². The lowest BCUT2D eigenvalue weighted by Gasteiger charge is -2.33. The van der Waals surface area contributed by atoms with E-state index in [2.05, 4.69) is 56.6 Å². The van der Waals surface area contributed by atoms with Gasteiger partial charge in [0.05, 0.1) is 12.4 Å². The van der Waals surface area contributed by atoms with Gasteiger partial charge in [0, 0.05) is 32.7 Å². The molecule has 144 valence electrons. The molecule has 2 aromatic carbocycles. The number of tetrazole rings is 1. The van der Waals surface area contributed by atoms with Gasteiger partial charge >= 0.3 is 0 Å². The van der Waals surface area contributed by atoms with Crippen LogP contribution in [0.2, 0.25) is 0 Å². The molecule has 7 heteroatoms. The fraction of sp³-hybridized carbons (Fsp3) is 0.286. The summed E-state index contributed by atoms with van der Waals surface area (Å²) in [5.74, 6) is 0. The van der Waals surface area contributed by atoms with Crippen LogP contribution in [0.3, 0.4) is 0 Å². The number of rotatable bonds is 6. The molecule has 0 N–H and O–H groups in total. The van der Waals surface area contributed by atoms with Crippen LogP contribution < -0.4 is 0 Å². The zero-order chi connectivity index (χ0) is 19.2. The van der Waals surface area contributed by atoms with Gasteiger partial charge in [-0.25, -0.2) is 4.68 Å². The van der Waals surface area contributed by atoms with Crippen LogP contribution in [0.4, 0.5) is 0 Å². The Kier molecular flexibility index (Phi) is 6.06. The Hall–Kier alpha value is -2.61. The molecule has 0 bridgehead atoms. The molecule has 0 atom stereocenters. The summed E-state index contributed by atoms with van der Waals surface area (Å²) in [6.45, 7) is 5.74. The second-order valence-corrected chi connectivity index (χ2v) is 7.25. The normalized spacial score (nSPS) is 16.0. The molecule has 0 unspecified atom stereocenters. The lowest BCUT2D eigenvalue weighted by molar-refractivity contribution is 0.109. The molecule has 1 aliphatic rings. The third-order valence-corrected chi connectivity index (χ3v) is 5.30. The highest BCUT2D eigenvalue weighted by molar-refractivity contribution is 7.71. The molecule has 4 rings (SSSR count). The van der Waals surface area contributed by atoms with Crippen molar-refractivity contribution in [2.75, 3.05) is 32.7 Å². The van der Waals surface area contributed by atoms with Crippen LogP contribution in [0.1, 0.15) is 5.56 Å². The Balaban J connectivity index is 1.29. The highest BCUT2D eigenvalue weighted by atomic mass is 32.1. The van der Waals surface area contributed by atoms with Crippen molar-refractivity contribution in [3.63, 3.8) is 0 Å². The fourth-order valence-electron chi connectivity index (χ4n) is 3.30. The molecule has 3 aromatic rings. The lowest BCUT2D eigenvalue weighted by atomic mass is 10.2. The zero-order valence-electron chi connectivity index (χ0n) is 15.8. The number of para-hydroxylation sites is 1. The smallest absolute Gasteiger partial charge is 0.221 e. The average Bonchev–Trinajstić information content (AvgIpc) is 3.11. The maximum absolute atomic E-state index is 5.56. The van der Waals surface area contributed by atoms with Gasteiger partial charge < -0.3 is 0 Å². The Labute approximate surface area is 170 Å². The molecular formula is C21H24N6S. The lowest BCUT2D eigenvalue weighted by Crippen LogP contribution is -2.46. The first-order chi connectivity index (χ1) is 13.8. The second kappa shape index (κ2) is 9.05. The van der Waals surface area contributed by atoms with Gasteiger partial charge in [-0.05, 0) is 40.3 Å². The Bertz CT molecular complexity index is 955. The zero-order valence-corrected chi connectivity index (χ0v) is 16.6. The molecule has 1 fully saturated rings. The van der Waals surface area contributed by atoms with E-state index in [1.165, 1.54) is 5.56 Å². The van der Waals surface area contributed by atoms with Crippen molar-refractivity contribution in [3.8, 4) is 5.69 Å². The predicted molar refractivity (Wildman–Crippen MR) is 114 cm³/mol. The maximum atomic E-state index is 5.56. The van der Waals surface area contributed by atoms with Crippen LogP contribution >= 0.6 is 12.2 Å². The summed E-state index contributed by atoms with van der Waals surface area (Å²) in [7, 11) is 0. The van der Waals surface area contributed by atoms with E-state index in [9.17, 15) is 0 Å². The minimum Gasteiger partial charge on any atom is -0.297 e. The third-order valence-electron chi connectivity index (χ3n) is 4.91. The van der Waals surface area contributed by atoms with Gasteiger partial charge in [-0.1, -0.05) is 60.7 Å². The first-order valence-electron chi connectivity index (χ1n) is 9.54. The number of aromatic nitrogens is 4. The molecule has 0 aliphatic carbocycles. The monoisotopic (exact) mass is 392 g/mol. The van der Waals surface area contributed by atoms with E-state index in [1.54, 1.807) is 9.36 Å². The highest BCUT2D eigenvalue weighted by Gasteiger charge is 2.17. The molecule has 0 saturated carbocycles. The van der Waals surface area contributed by atoms with E-state index in [0.717, 1.165) is 38.4 Å². The number of hydrogen-bond donors (Lipinski definition) is 0. The van der Waals surface area contributed by atoms with E-state index >= 15 is 0 Å². The van der Waals surface area contributed by atoms with Gasteiger partial charge in [0.25, 0.3) is 0 Å². The molecule has 0 radical (unpaired) electrons. The van der Waals surface area contributed by atoms with Gasteiger partial charge in [-0.3, -0.25) is 9.80 Å². The molecule has 1 aromatic heterocycles. The SMILES string of the molecule is S=c1n(CN2CCN(CC=Cc3ccccc3)CC2)nnn1-c1ccccc1. The molecule has 28 heavy (non-hydrogen) atoms. The molecule has 1 aliphatic heterocycles. The van der Waals surface area contributed by atoms with Crippen molar-refractivity contribution >= 4 is 18.3 Å². The van der Waals surface area contributed by atoms with Crippen molar-refractivity contribution in [1.29, 1.82) is 0 Å². The van der Waals surface area contributed by atoms with Crippen LogP contribution in [0.25, 0.3) is 11.8 Å². The molecule has 6 nitrogen and oxygen atoms in total. The van der Waals surface area contributed by atoms with Crippen LogP contribution in [0.15, 0.2) is 66.7 Å². The van der Waals surface area contributed by atoms with Crippen LogP contribution in [0.5, 0.6) is 0 Å².